The van der Waals surface area contributed by atoms with E-state index in [0.29, 0.717) is 5.69 Å². The standard InChI is InChI=1S/C20H21F2NO/c1-13-9-14(2)11-15(10-13)20(7-4-8-20)19(24)23(3)16-5-6-17(21)18(22)12-16/h5-6,9-12H,4,7-8H2,1-3H3. The lowest BCUT2D eigenvalue weighted by Gasteiger charge is -2.43. The molecule has 0 aliphatic heterocycles. The van der Waals surface area contributed by atoms with Crippen LogP contribution < -0.4 is 4.90 Å². The minimum Gasteiger partial charge on any atom is -0.315 e. The van der Waals surface area contributed by atoms with Crippen molar-refractivity contribution in [3.05, 3.63) is 64.7 Å². The quantitative estimate of drug-likeness (QED) is 0.801. The van der Waals surface area contributed by atoms with Gasteiger partial charge in [0.1, 0.15) is 0 Å². The number of carbonyl (C=O) groups excluding carboxylic acids is 1. The maximum atomic E-state index is 13.5. The first kappa shape index (κ1) is 16.6. The molecule has 0 spiro atoms. The Balaban J connectivity index is 1.97. The van der Waals surface area contributed by atoms with Crippen molar-refractivity contribution < 1.29 is 13.6 Å². The maximum absolute atomic E-state index is 13.5. The topological polar surface area (TPSA) is 20.3 Å². The van der Waals surface area contributed by atoms with Crippen molar-refractivity contribution in [3.8, 4) is 0 Å². The van der Waals surface area contributed by atoms with E-state index >= 15 is 0 Å². The number of likely N-dealkylation sites (N-methyl/N-ethyl adjacent to an activating group) is 1. The normalized spacial score (nSPS) is 15.7. The van der Waals surface area contributed by atoms with Crippen LogP contribution in [-0.2, 0) is 10.2 Å². The van der Waals surface area contributed by atoms with Gasteiger partial charge in [-0.05, 0) is 44.4 Å². The monoisotopic (exact) mass is 329 g/mol. The van der Waals surface area contributed by atoms with E-state index in [1.165, 1.54) is 11.0 Å². The van der Waals surface area contributed by atoms with Gasteiger partial charge in [0.2, 0.25) is 5.91 Å². The molecular formula is C20H21F2NO. The average Bonchev–Trinajstić information content (AvgIpc) is 2.47. The van der Waals surface area contributed by atoms with Crippen LogP contribution in [-0.4, -0.2) is 13.0 Å². The largest absolute Gasteiger partial charge is 0.315 e. The summed E-state index contributed by atoms with van der Waals surface area (Å²) in [6.07, 6.45) is 2.55. The van der Waals surface area contributed by atoms with Crippen molar-refractivity contribution in [2.24, 2.45) is 0 Å². The fraction of sp³-hybridized carbons (Fsp3) is 0.350. The smallest absolute Gasteiger partial charge is 0.237 e. The summed E-state index contributed by atoms with van der Waals surface area (Å²) in [5.41, 5.74) is 3.08. The molecule has 1 fully saturated rings. The molecular weight excluding hydrogens is 308 g/mol. The van der Waals surface area contributed by atoms with Crippen LogP contribution in [0.2, 0.25) is 0 Å². The van der Waals surface area contributed by atoms with Crippen molar-refractivity contribution in [2.45, 2.75) is 38.5 Å². The molecule has 0 saturated heterocycles. The Morgan fingerprint density at radius 3 is 2.12 bits per heavy atom. The summed E-state index contributed by atoms with van der Waals surface area (Å²) in [6, 6.07) is 9.76. The fourth-order valence-corrected chi connectivity index (χ4v) is 3.54. The third kappa shape index (κ3) is 2.70. The van der Waals surface area contributed by atoms with Crippen molar-refractivity contribution >= 4 is 11.6 Å². The highest BCUT2D eigenvalue weighted by Gasteiger charge is 2.47. The molecule has 0 N–H and O–H groups in total. The predicted molar refractivity (Wildman–Crippen MR) is 91.2 cm³/mol. The van der Waals surface area contributed by atoms with Gasteiger partial charge in [0.15, 0.2) is 11.6 Å². The van der Waals surface area contributed by atoms with E-state index in [1.54, 1.807) is 7.05 Å². The number of rotatable bonds is 3. The van der Waals surface area contributed by atoms with Gasteiger partial charge in [-0.25, -0.2) is 8.78 Å². The molecule has 3 rings (SSSR count). The molecule has 1 aliphatic rings. The van der Waals surface area contributed by atoms with Gasteiger partial charge < -0.3 is 4.90 Å². The second-order valence-corrected chi connectivity index (χ2v) is 6.77. The van der Waals surface area contributed by atoms with Crippen molar-refractivity contribution in [1.29, 1.82) is 0 Å². The zero-order valence-corrected chi connectivity index (χ0v) is 14.2. The second-order valence-electron chi connectivity index (χ2n) is 6.77. The first-order valence-corrected chi connectivity index (χ1v) is 8.15. The van der Waals surface area contributed by atoms with E-state index in [4.69, 9.17) is 0 Å². The molecule has 1 amide bonds. The summed E-state index contributed by atoms with van der Waals surface area (Å²) in [7, 11) is 1.62. The van der Waals surface area contributed by atoms with Crippen molar-refractivity contribution in [3.63, 3.8) is 0 Å². The van der Waals surface area contributed by atoms with Gasteiger partial charge in [0.05, 0.1) is 5.41 Å². The average molecular weight is 329 g/mol. The summed E-state index contributed by atoms with van der Waals surface area (Å²) in [6.45, 7) is 4.04. The fourth-order valence-electron chi connectivity index (χ4n) is 3.54. The SMILES string of the molecule is Cc1cc(C)cc(C2(C(=O)N(C)c3ccc(F)c(F)c3)CCC2)c1. The third-order valence-corrected chi connectivity index (χ3v) is 4.99. The summed E-state index contributed by atoms with van der Waals surface area (Å²) in [5.74, 6) is -1.92. The molecule has 2 aromatic rings. The lowest BCUT2D eigenvalue weighted by molar-refractivity contribution is -0.126. The van der Waals surface area contributed by atoms with Gasteiger partial charge in [-0.3, -0.25) is 4.79 Å². The number of hydrogen-bond donors (Lipinski definition) is 0. The highest BCUT2D eigenvalue weighted by molar-refractivity contribution is 6.01. The first-order chi connectivity index (χ1) is 11.3. The summed E-state index contributed by atoms with van der Waals surface area (Å²) < 4.78 is 26.7. The Bertz CT molecular complexity index is 776. The van der Waals surface area contributed by atoms with E-state index < -0.39 is 17.0 Å². The Morgan fingerprint density at radius 1 is 1.00 bits per heavy atom. The summed E-state index contributed by atoms with van der Waals surface area (Å²) >= 11 is 0. The van der Waals surface area contributed by atoms with Crippen molar-refractivity contribution in [2.75, 3.05) is 11.9 Å². The minimum atomic E-state index is -0.943. The molecule has 2 aromatic carbocycles. The Hall–Kier alpha value is -2.23. The molecule has 0 unspecified atom stereocenters. The number of amides is 1. The molecule has 1 aliphatic carbocycles. The minimum absolute atomic E-state index is 0.0650. The first-order valence-electron chi connectivity index (χ1n) is 8.15. The van der Waals surface area contributed by atoms with E-state index in [0.717, 1.165) is 48.1 Å². The third-order valence-electron chi connectivity index (χ3n) is 4.99. The van der Waals surface area contributed by atoms with Gasteiger partial charge in [-0.1, -0.05) is 35.7 Å². The number of nitrogens with zero attached hydrogens (tertiary/aromatic N) is 1. The zero-order chi connectivity index (χ0) is 17.5. The van der Waals surface area contributed by atoms with Gasteiger partial charge in [-0.15, -0.1) is 0 Å². The van der Waals surface area contributed by atoms with Gasteiger partial charge >= 0.3 is 0 Å². The molecule has 24 heavy (non-hydrogen) atoms. The molecule has 0 radical (unpaired) electrons. The van der Waals surface area contributed by atoms with Crippen LogP contribution in [0.4, 0.5) is 14.5 Å². The summed E-state index contributed by atoms with van der Waals surface area (Å²) in [4.78, 5) is 14.6. The molecule has 0 aromatic heterocycles. The molecule has 0 heterocycles. The van der Waals surface area contributed by atoms with Crippen LogP contribution in [0.3, 0.4) is 0 Å². The van der Waals surface area contributed by atoms with E-state index in [1.807, 2.05) is 13.8 Å². The number of aryl methyl sites for hydroxylation is 2. The maximum Gasteiger partial charge on any atom is 0.237 e. The van der Waals surface area contributed by atoms with Crippen LogP contribution in [0.25, 0.3) is 0 Å². The Kier molecular flexibility index (Phi) is 4.16. The predicted octanol–water partition coefficient (Wildman–Crippen LogP) is 4.67. The van der Waals surface area contributed by atoms with Crippen molar-refractivity contribution in [1.82, 2.24) is 0 Å². The second kappa shape index (κ2) is 6.00. The molecule has 126 valence electrons. The Labute approximate surface area is 141 Å². The molecule has 4 heteroatoms. The zero-order valence-electron chi connectivity index (χ0n) is 14.2. The number of hydrogen-bond acceptors (Lipinski definition) is 1. The number of halogens is 2. The number of carbonyl (C=O) groups is 1. The molecule has 2 nitrogen and oxygen atoms in total. The van der Waals surface area contributed by atoms with Gasteiger partial charge in [0.25, 0.3) is 0 Å². The van der Waals surface area contributed by atoms with Crippen LogP contribution in [0.15, 0.2) is 36.4 Å². The van der Waals surface area contributed by atoms with E-state index in [2.05, 4.69) is 18.2 Å². The molecule has 0 bridgehead atoms. The van der Waals surface area contributed by atoms with E-state index in [-0.39, 0.29) is 5.91 Å². The summed E-state index contributed by atoms with van der Waals surface area (Å²) in [5, 5.41) is 0. The number of anilines is 1. The van der Waals surface area contributed by atoms with Crippen LogP contribution in [0.1, 0.15) is 36.0 Å². The highest BCUT2D eigenvalue weighted by Crippen LogP contribution is 2.46. The van der Waals surface area contributed by atoms with Gasteiger partial charge in [-0.2, -0.15) is 0 Å². The van der Waals surface area contributed by atoms with Gasteiger partial charge in [0, 0.05) is 18.8 Å². The van der Waals surface area contributed by atoms with Crippen LogP contribution in [0.5, 0.6) is 0 Å². The molecule has 0 atom stereocenters. The van der Waals surface area contributed by atoms with Crippen LogP contribution in [0, 0.1) is 25.5 Å². The van der Waals surface area contributed by atoms with Crippen LogP contribution >= 0.6 is 0 Å². The highest BCUT2D eigenvalue weighted by atomic mass is 19.2. The van der Waals surface area contributed by atoms with E-state index in [9.17, 15) is 13.6 Å². The lowest BCUT2D eigenvalue weighted by atomic mass is 9.63. The molecule has 1 saturated carbocycles. The number of benzene rings is 2. The Morgan fingerprint density at radius 2 is 1.62 bits per heavy atom. The lowest BCUT2D eigenvalue weighted by Crippen LogP contribution is -2.50.